The molecular weight excluding hydrogens is 382 g/mol. The zero-order valence-electron chi connectivity index (χ0n) is 15.1. The van der Waals surface area contributed by atoms with Crippen LogP contribution in [-0.2, 0) is 20.9 Å². The molecule has 1 fully saturated rings. The van der Waals surface area contributed by atoms with Gasteiger partial charge in [0.05, 0.1) is 24.5 Å². The van der Waals surface area contributed by atoms with Crippen LogP contribution in [0.5, 0.6) is 0 Å². The summed E-state index contributed by atoms with van der Waals surface area (Å²) >= 11 is 5.82. The van der Waals surface area contributed by atoms with E-state index in [2.05, 4.69) is 10.6 Å². The minimum Gasteiger partial charge on any atom is -0.378 e. The highest BCUT2D eigenvalue weighted by Crippen LogP contribution is 2.18. The first kappa shape index (κ1) is 19.9. The number of amides is 3. The standard InChI is InChI=1S/C20H20ClN3O4/c21-15-7-5-14(6-8-15)13-22-18(25)19(26)23-17-4-2-1-3-16(17)20(27)24-9-11-28-12-10-24/h1-8H,9-13H2,(H,22,25)(H,23,26). The summed E-state index contributed by atoms with van der Waals surface area (Å²) in [4.78, 5) is 38.7. The fraction of sp³-hybridized carbons (Fsp3) is 0.250. The Labute approximate surface area is 167 Å². The van der Waals surface area contributed by atoms with Crippen LogP contribution < -0.4 is 10.6 Å². The zero-order chi connectivity index (χ0) is 19.9. The number of nitrogens with one attached hydrogen (secondary N) is 2. The Bertz CT molecular complexity index is 864. The molecule has 0 saturated carbocycles. The molecule has 0 atom stereocenters. The summed E-state index contributed by atoms with van der Waals surface area (Å²) in [6, 6.07) is 13.6. The van der Waals surface area contributed by atoms with E-state index in [0.717, 1.165) is 5.56 Å². The van der Waals surface area contributed by atoms with Gasteiger partial charge < -0.3 is 20.3 Å². The molecule has 1 aliphatic rings. The van der Waals surface area contributed by atoms with Gasteiger partial charge in [-0.1, -0.05) is 35.9 Å². The van der Waals surface area contributed by atoms with Crippen molar-refractivity contribution in [3.05, 3.63) is 64.7 Å². The fourth-order valence-electron chi connectivity index (χ4n) is 2.76. The van der Waals surface area contributed by atoms with Crippen LogP contribution in [-0.4, -0.2) is 48.9 Å². The molecular formula is C20H20ClN3O4. The van der Waals surface area contributed by atoms with Crippen molar-refractivity contribution < 1.29 is 19.1 Å². The average Bonchev–Trinajstić information content (AvgIpc) is 2.73. The predicted molar refractivity (Wildman–Crippen MR) is 105 cm³/mol. The first-order valence-electron chi connectivity index (χ1n) is 8.84. The molecule has 3 amide bonds. The van der Waals surface area contributed by atoms with E-state index in [1.54, 1.807) is 53.4 Å². The molecule has 1 aliphatic heterocycles. The van der Waals surface area contributed by atoms with Crippen molar-refractivity contribution in [3.8, 4) is 0 Å². The van der Waals surface area contributed by atoms with Crippen molar-refractivity contribution in [2.24, 2.45) is 0 Å². The van der Waals surface area contributed by atoms with Crippen molar-refractivity contribution in [2.45, 2.75) is 6.54 Å². The molecule has 0 aliphatic carbocycles. The summed E-state index contributed by atoms with van der Waals surface area (Å²) in [6.45, 7) is 2.13. The Kier molecular flexibility index (Phi) is 6.62. The summed E-state index contributed by atoms with van der Waals surface area (Å²) in [5.41, 5.74) is 1.45. The number of hydrogen-bond donors (Lipinski definition) is 2. The summed E-state index contributed by atoms with van der Waals surface area (Å²) in [5.74, 6) is -1.83. The lowest BCUT2D eigenvalue weighted by atomic mass is 10.1. The van der Waals surface area contributed by atoms with E-state index in [1.165, 1.54) is 0 Å². The molecule has 8 heteroatoms. The number of anilines is 1. The van der Waals surface area contributed by atoms with Gasteiger partial charge in [-0.3, -0.25) is 14.4 Å². The van der Waals surface area contributed by atoms with Crippen molar-refractivity contribution in [3.63, 3.8) is 0 Å². The first-order chi connectivity index (χ1) is 13.5. The third-order valence-corrected chi connectivity index (χ3v) is 4.53. The van der Waals surface area contributed by atoms with E-state index in [4.69, 9.17) is 16.3 Å². The van der Waals surface area contributed by atoms with Gasteiger partial charge >= 0.3 is 11.8 Å². The van der Waals surface area contributed by atoms with E-state index in [9.17, 15) is 14.4 Å². The number of morpholine rings is 1. The van der Waals surface area contributed by atoms with Crippen molar-refractivity contribution >= 4 is 35.0 Å². The lowest BCUT2D eigenvalue weighted by Crippen LogP contribution is -2.41. The Morgan fingerprint density at radius 2 is 1.64 bits per heavy atom. The molecule has 1 heterocycles. The molecule has 2 aromatic carbocycles. The zero-order valence-corrected chi connectivity index (χ0v) is 15.9. The van der Waals surface area contributed by atoms with Crippen molar-refractivity contribution in [1.82, 2.24) is 10.2 Å². The Hall–Kier alpha value is -2.90. The Morgan fingerprint density at radius 1 is 0.964 bits per heavy atom. The number of rotatable bonds is 4. The van der Waals surface area contributed by atoms with E-state index in [-0.39, 0.29) is 12.5 Å². The van der Waals surface area contributed by atoms with E-state index >= 15 is 0 Å². The van der Waals surface area contributed by atoms with Gasteiger partial charge in [-0.05, 0) is 29.8 Å². The van der Waals surface area contributed by atoms with Gasteiger partial charge in [-0.2, -0.15) is 0 Å². The maximum absolute atomic E-state index is 12.7. The van der Waals surface area contributed by atoms with Gasteiger partial charge in [0.15, 0.2) is 0 Å². The molecule has 7 nitrogen and oxygen atoms in total. The van der Waals surface area contributed by atoms with Gasteiger partial charge in [0.1, 0.15) is 0 Å². The smallest absolute Gasteiger partial charge is 0.313 e. The normalized spacial score (nSPS) is 13.7. The number of nitrogens with zero attached hydrogens (tertiary/aromatic N) is 1. The molecule has 0 unspecified atom stereocenters. The molecule has 2 aromatic rings. The van der Waals surface area contributed by atoms with Crippen LogP contribution in [0.15, 0.2) is 48.5 Å². The highest BCUT2D eigenvalue weighted by atomic mass is 35.5. The molecule has 0 aromatic heterocycles. The maximum atomic E-state index is 12.7. The lowest BCUT2D eigenvalue weighted by Gasteiger charge is -2.27. The van der Waals surface area contributed by atoms with Gasteiger partial charge in [0.25, 0.3) is 5.91 Å². The topological polar surface area (TPSA) is 87.7 Å². The Balaban J connectivity index is 1.62. The van der Waals surface area contributed by atoms with Crippen LogP contribution in [0.2, 0.25) is 5.02 Å². The molecule has 0 radical (unpaired) electrons. The van der Waals surface area contributed by atoms with Gasteiger partial charge in [-0.25, -0.2) is 0 Å². The molecule has 28 heavy (non-hydrogen) atoms. The van der Waals surface area contributed by atoms with Crippen molar-refractivity contribution in [1.29, 1.82) is 0 Å². The lowest BCUT2D eigenvalue weighted by molar-refractivity contribution is -0.136. The SMILES string of the molecule is O=C(NCc1ccc(Cl)cc1)C(=O)Nc1ccccc1C(=O)N1CCOCC1. The van der Waals surface area contributed by atoms with Gasteiger partial charge in [0, 0.05) is 24.7 Å². The molecule has 2 N–H and O–H groups in total. The van der Waals surface area contributed by atoms with Crippen molar-refractivity contribution in [2.75, 3.05) is 31.6 Å². The molecule has 0 spiro atoms. The molecule has 0 bridgehead atoms. The van der Waals surface area contributed by atoms with Crippen LogP contribution >= 0.6 is 11.6 Å². The van der Waals surface area contributed by atoms with Crippen LogP contribution in [0.1, 0.15) is 15.9 Å². The number of halogens is 1. The second-order valence-electron chi connectivity index (χ2n) is 6.21. The largest absolute Gasteiger partial charge is 0.378 e. The highest BCUT2D eigenvalue weighted by Gasteiger charge is 2.22. The number of ether oxygens (including phenoxy) is 1. The summed E-state index contributed by atoms with van der Waals surface area (Å²) < 4.78 is 5.26. The average molecular weight is 402 g/mol. The maximum Gasteiger partial charge on any atom is 0.313 e. The first-order valence-corrected chi connectivity index (χ1v) is 9.22. The Morgan fingerprint density at radius 3 is 2.36 bits per heavy atom. The fourth-order valence-corrected chi connectivity index (χ4v) is 2.89. The summed E-state index contributed by atoms with van der Waals surface area (Å²) in [6.07, 6.45) is 0. The van der Waals surface area contributed by atoms with Crippen LogP contribution in [0, 0.1) is 0 Å². The van der Waals surface area contributed by atoms with Crippen LogP contribution in [0.4, 0.5) is 5.69 Å². The van der Waals surface area contributed by atoms with E-state index < -0.39 is 11.8 Å². The number of para-hydroxylation sites is 1. The monoisotopic (exact) mass is 401 g/mol. The molecule has 1 saturated heterocycles. The van der Waals surface area contributed by atoms with E-state index in [0.29, 0.717) is 42.6 Å². The summed E-state index contributed by atoms with van der Waals surface area (Å²) in [7, 11) is 0. The molecule has 3 rings (SSSR count). The minimum atomic E-state index is -0.837. The predicted octanol–water partition coefficient (Wildman–Crippen LogP) is 2.07. The highest BCUT2D eigenvalue weighted by molar-refractivity contribution is 6.40. The summed E-state index contributed by atoms with van der Waals surface area (Å²) in [5, 5.41) is 5.66. The van der Waals surface area contributed by atoms with E-state index in [1.807, 2.05) is 0 Å². The quantitative estimate of drug-likeness (QED) is 0.768. The number of carbonyl (C=O) groups is 3. The van der Waals surface area contributed by atoms with Gasteiger partial charge in [0.2, 0.25) is 0 Å². The third kappa shape index (κ3) is 5.09. The van der Waals surface area contributed by atoms with Crippen LogP contribution in [0.25, 0.3) is 0 Å². The minimum absolute atomic E-state index is 0.192. The molecule has 146 valence electrons. The second-order valence-corrected chi connectivity index (χ2v) is 6.65. The second kappa shape index (κ2) is 9.34. The number of carbonyl (C=O) groups excluding carboxylic acids is 3. The third-order valence-electron chi connectivity index (χ3n) is 4.28. The van der Waals surface area contributed by atoms with Crippen LogP contribution in [0.3, 0.4) is 0 Å². The number of benzene rings is 2. The number of hydrogen-bond acceptors (Lipinski definition) is 4. The van der Waals surface area contributed by atoms with Gasteiger partial charge in [-0.15, -0.1) is 0 Å².